The van der Waals surface area contributed by atoms with Crippen molar-refractivity contribution in [3.8, 4) is 5.75 Å². The number of ether oxygens (including phenoxy) is 2. The van der Waals surface area contributed by atoms with E-state index in [0.717, 1.165) is 15.8 Å². The molecule has 0 saturated carbocycles. The SMILES string of the molecule is COC[C@H](N)c1cccc(Br)c1OC. The highest BCUT2D eigenvalue weighted by Crippen LogP contribution is 2.31. The summed E-state index contributed by atoms with van der Waals surface area (Å²) < 4.78 is 11.2. The highest BCUT2D eigenvalue weighted by Gasteiger charge is 2.13. The van der Waals surface area contributed by atoms with Gasteiger partial charge in [0.25, 0.3) is 0 Å². The van der Waals surface area contributed by atoms with Crippen molar-refractivity contribution in [2.45, 2.75) is 6.04 Å². The normalized spacial score (nSPS) is 12.6. The van der Waals surface area contributed by atoms with Gasteiger partial charge >= 0.3 is 0 Å². The molecule has 0 aliphatic heterocycles. The minimum absolute atomic E-state index is 0.160. The van der Waals surface area contributed by atoms with Crippen molar-refractivity contribution < 1.29 is 9.47 Å². The number of benzene rings is 1. The quantitative estimate of drug-likeness (QED) is 0.901. The fourth-order valence-corrected chi connectivity index (χ4v) is 1.85. The number of methoxy groups -OCH3 is 2. The molecule has 1 atom stereocenters. The van der Waals surface area contributed by atoms with E-state index in [-0.39, 0.29) is 6.04 Å². The van der Waals surface area contributed by atoms with Crippen LogP contribution in [0.15, 0.2) is 22.7 Å². The second-order valence-electron chi connectivity index (χ2n) is 2.92. The molecule has 1 rings (SSSR count). The van der Waals surface area contributed by atoms with Crippen LogP contribution in [0.5, 0.6) is 5.75 Å². The molecule has 2 N–H and O–H groups in total. The predicted molar refractivity (Wildman–Crippen MR) is 59.5 cm³/mol. The molecule has 0 unspecified atom stereocenters. The van der Waals surface area contributed by atoms with E-state index < -0.39 is 0 Å². The Morgan fingerprint density at radius 3 is 2.71 bits per heavy atom. The summed E-state index contributed by atoms with van der Waals surface area (Å²) in [6, 6.07) is 5.62. The Morgan fingerprint density at radius 2 is 2.14 bits per heavy atom. The molecule has 0 amide bonds. The van der Waals surface area contributed by atoms with Crippen LogP contribution in [0.1, 0.15) is 11.6 Å². The first-order chi connectivity index (χ1) is 6.70. The molecule has 0 aliphatic carbocycles. The molecule has 78 valence electrons. The first-order valence-electron chi connectivity index (χ1n) is 4.27. The largest absolute Gasteiger partial charge is 0.495 e. The van der Waals surface area contributed by atoms with Crippen molar-refractivity contribution in [1.82, 2.24) is 0 Å². The second kappa shape index (κ2) is 5.34. The maximum absolute atomic E-state index is 5.92. The zero-order valence-corrected chi connectivity index (χ0v) is 9.87. The number of rotatable bonds is 4. The first-order valence-corrected chi connectivity index (χ1v) is 5.07. The maximum Gasteiger partial charge on any atom is 0.137 e. The van der Waals surface area contributed by atoms with Crippen LogP contribution in [0.3, 0.4) is 0 Å². The van der Waals surface area contributed by atoms with E-state index in [0.29, 0.717) is 6.61 Å². The Labute approximate surface area is 92.3 Å². The molecule has 0 fully saturated rings. The summed E-state index contributed by atoms with van der Waals surface area (Å²) in [5, 5.41) is 0. The van der Waals surface area contributed by atoms with Gasteiger partial charge in [0.15, 0.2) is 0 Å². The molecule has 4 heteroatoms. The third kappa shape index (κ3) is 2.47. The Morgan fingerprint density at radius 1 is 1.43 bits per heavy atom. The highest BCUT2D eigenvalue weighted by atomic mass is 79.9. The minimum atomic E-state index is -0.160. The van der Waals surface area contributed by atoms with Gasteiger partial charge in [0, 0.05) is 12.7 Å². The van der Waals surface area contributed by atoms with Crippen LogP contribution in [0.4, 0.5) is 0 Å². The third-order valence-corrected chi connectivity index (χ3v) is 2.57. The minimum Gasteiger partial charge on any atom is -0.495 e. The zero-order valence-electron chi connectivity index (χ0n) is 8.29. The fourth-order valence-electron chi connectivity index (χ4n) is 1.30. The van der Waals surface area contributed by atoms with Crippen molar-refractivity contribution in [1.29, 1.82) is 0 Å². The lowest BCUT2D eigenvalue weighted by atomic mass is 10.1. The Kier molecular flexibility index (Phi) is 4.38. The van der Waals surface area contributed by atoms with Crippen molar-refractivity contribution in [2.24, 2.45) is 5.73 Å². The summed E-state index contributed by atoms with van der Waals surface area (Å²) in [6.45, 7) is 0.479. The Hall–Kier alpha value is -0.580. The summed E-state index contributed by atoms with van der Waals surface area (Å²) in [6.07, 6.45) is 0. The molecule has 0 heterocycles. The summed E-state index contributed by atoms with van der Waals surface area (Å²) >= 11 is 3.41. The molecule has 0 radical (unpaired) electrons. The predicted octanol–water partition coefficient (Wildman–Crippen LogP) is 2.10. The molecule has 1 aromatic rings. The molecule has 0 aromatic heterocycles. The Bertz CT molecular complexity index is 304. The first kappa shape index (κ1) is 11.5. The monoisotopic (exact) mass is 259 g/mol. The van der Waals surface area contributed by atoms with Crippen molar-refractivity contribution in [3.63, 3.8) is 0 Å². The summed E-state index contributed by atoms with van der Waals surface area (Å²) in [7, 11) is 3.26. The van der Waals surface area contributed by atoms with Crippen LogP contribution in [-0.2, 0) is 4.74 Å². The highest BCUT2D eigenvalue weighted by molar-refractivity contribution is 9.10. The third-order valence-electron chi connectivity index (χ3n) is 1.95. The van der Waals surface area contributed by atoms with Crippen molar-refractivity contribution in [3.05, 3.63) is 28.2 Å². The lowest BCUT2D eigenvalue weighted by molar-refractivity contribution is 0.179. The van der Waals surface area contributed by atoms with Crippen LogP contribution in [0, 0.1) is 0 Å². The molecule has 0 bridgehead atoms. The van der Waals surface area contributed by atoms with Crippen LogP contribution >= 0.6 is 15.9 Å². The van der Waals surface area contributed by atoms with E-state index in [1.807, 2.05) is 18.2 Å². The van der Waals surface area contributed by atoms with Crippen LogP contribution in [-0.4, -0.2) is 20.8 Å². The van der Waals surface area contributed by atoms with Gasteiger partial charge in [0.2, 0.25) is 0 Å². The summed E-state index contributed by atoms with van der Waals surface area (Å²) in [5.41, 5.74) is 6.87. The maximum atomic E-state index is 5.92. The molecular weight excluding hydrogens is 246 g/mol. The summed E-state index contributed by atoms with van der Waals surface area (Å²) in [5.74, 6) is 0.775. The van der Waals surface area contributed by atoms with E-state index in [1.54, 1.807) is 14.2 Å². The lowest BCUT2D eigenvalue weighted by Gasteiger charge is -2.15. The number of nitrogens with two attached hydrogens (primary N) is 1. The van der Waals surface area contributed by atoms with Crippen LogP contribution in [0.25, 0.3) is 0 Å². The van der Waals surface area contributed by atoms with Gasteiger partial charge in [-0.15, -0.1) is 0 Å². The standard InChI is InChI=1S/C10H14BrNO2/c1-13-6-9(12)7-4-3-5-8(11)10(7)14-2/h3-5,9H,6,12H2,1-2H3/t9-/m0/s1. The fraction of sp³-hybridized carbons (Fsp3) is 0.400. The molecule has 14 heavy (non-hydrogen) atoms. The van der Waals surface area contributed by atoms with Gasteiger partial charge in [-0.2, -0.15) is 0 Å². The average Bonchev–Trinajstić information content (AvgIpc) is 2.17. The number of halogens is 1. The van der Waals surface area contributed by atoms with Crippen molar-refractivity contribution in [2.75, 3.05) is 20.8 Å². The molecule has 3 nitrogen and oxygen atoms in total. The second-order valence-corrected chi connectivity index (χ2v) is 3.78. The smallest absolute Gasteiger partial charge is 0.137 e. The number of hydrogen-bond acceptors (Lipinski definition) is 3. The van der Waals surface area contributed by atoms with Crippen molar-refractivity contribution >= 4 is 15.9 Å². The molecule has 0 saturated heterocycles. The average molecular weight is 260 g/mol. The van der Waals surface area contributed by atoms with E-state index in [1.165, 1.54) is 0 Å². The van der Waals surface area contributed by atoms with E-state index >= 15 is 0 Å². The van der Waals surface area contributed by atoms with Gasteiger partial charge in [-0.25, -0.2) is 0 Å². The number of hydrogen-bond donors (Lipinski definition) is 1. The molecular formula is C10H14BrNO2. The van der Waals surface area contributed by atoms with E-state index in [9.17, 15) is 0 Å². The van der Waals surface area contributed by atoms with Gasteiger partial charge in [0.05, 0.1) is 24.2 Å². The molecule has 1 aromatic carbocycles. The van der Waals surface area contributed by atoms with Crippen LogP contribution in [0.2, 0.25) is 0 Å². The van der Waals surface area contributed by atoms with E-state index in [2.05, 4.69) is 15.9 Å². The van der Waals surface area contributed by atoms with Crippen LogP contribution < -0.4 is 10.5 Å². The summed E-state index contributed by atoms with van der Waals surface area (Å²) in [4.78, 5) is 0. The van der Waals surface area contributed by atoms with Gasteiger partial charge in [-0.1, -0.05) is 12.1 Å². The lowest BCUT2D eigenvalue weighted by Crippen LogP contribution is -2.17. The van der Waals surface area contributed by atoms with Gasteiger partial charge in [0.1, 0.15) is 5.75 Å². The zero-order chi connectivity index (χ0) is 10.6. The number of para-hydroxylation sites is 1. The molecule has 0 spiro atoms. The Balaban J connectivity index is 3.00. The topological polar surface area (TPSA) is 44.5 Å². The van der Waals surface area contributed by atoms with Gasteiger partial charge in [-0.05, 0) is 22.0 Å². The van der Waals surface area contributed by atoms with E-state index in [4.69, 9.17) is 15.2 Å². The van der Waals surface area contributed by atoms with Gasteiger partial charge in [-0.3, -0.25) is 0 Å². The van der Waals surface area contributed by atoms with Gasteiger partial charge < -0.3 is 15.2 Å². The molecule has 0 aliphatic rings.